The van der Waals surface area contributed by atoms with Crippen molar-refractivity contribution in [2.75, 3.05) is 5.32 Å². The van der Waals surface area contributed by atoms with E-state index in [4.69, 9.17) is 11.6 Å². The molecule has 0 aliphatic rings. The monoisotopic (exact) mass is 343 g/mol. The number of halogens is 1. The number of rotatable bonds is 4. The van der Waals surface area contributed by atoms with Crippen LogP contribution in [0, 0.1) is 6.92 Å². The van der Waals surface area contributed by atoms with Crippen LogP contribution in [0.3, 0.4) is 0 Å². The van der Waals surface area contributed by atoms with Gasteiger partial charge >= 0.3 is 0 Å². The van der Waals surface area contributed by atoms with Crippen molar-refractivity contribution in [1.82, 2.24) is 19.3 Å². The van der Waals surface area contributed by atoms with E-state index in [0.29, 0.717) is 5.69 Å². The highest BCUT2D eigenvalue weighted by molar-refractivity contribution is 6.32. The Bertz CT molecular complexity index is 913. The van der Waals surface area contributed by atoms with Gasteiger partial charge in [0.1, 0.15) is 10.8 Å². The summed E-state index contributed by atoms with van der Waals surface area (Å²) in [5.74, 6) is 0.937. The van der Waals surface area contributed by atoms with Crippen molar-refractivity contribution in [3.8, 4) is 5.69 Å². The third kappa shape index (κ3) is 3.05. The molecule has 0 unspecified atom stereocenters. The maximum Gasteiger partial charge on any atom is 0.287 e. The van der Waals surface area contributed by atoms with Crippen molar-refractivity contribution in [3.05, 3.63) is 69.6 Å². The number of imidazole rings is 1. The molecule has 0 aliphatic carbocycles. The normalized spacial score (nSPS) is 12.2. The third-order valence-electron chi connectivity index (χ3n) is 3.95. The minimum Gasteiger partial charge on any atom is -0.376 e. The van der Waals surface area contributed by atoms with Crippen molar-refractivity contribution < 1.29 is 0 Å². The molecule has 24 heavy (non-hydrogen) atoms. The lowest BCUT2D eigenvalue weighted by atomic mass is 10.1. The van der Waals surface area contributed by atoms with E-state index in [2.05, 4.69) is 15.4 Å². The first-order chi connectivity index (χ1) is 11.5. The zero-order chi connectivity index (χ0) is 17.3. The summed E-state index contributed by atoms with van der Waals surface area (Å²) in [5.41, 5.74) is 2.34. The number of aromatic nitrogens is 4. The fourth-order valence-corrected chi connectivity index (χ4v) is 2.73. The second-order valence-corrected chi connectivity index (χ2v) is 5.98. The number of aryl methyl sites for hydroxylation is 2. The Balaban J connectivity index is 1.81. The molecule has 6 nitrogen and oxygen atoms in total. The molecule has 3 rings (SSSR count). The van der Waals surface area contributed by atoms with Crippen LogP contribution in [-0.2, 0) is 7.05 Å². The Hall–Kier alpha value is -2.60. The molecule has 1 aromatic carbocycles. The predicted molar refractivity (Wildman–Crippen MR) is 94.8 cm³/mol. The number of nitrogens with zero attached hydrogens (tertiary/aromatic N) is 4. The summed E-state index contributed by atoms with van der Waals surface area (Å²) in [4.78, 5) is 16.1. The molecular weight excluding hydrogens is 326 g/mol. The first-order valence-electron chi connectivity index (χ1n) is 7.56. The summed E-state index contributed by atoms with van der Waals surface area (Å²) in [6.07, 6.45) is 5.26. The number of benzene rings is 1. The molecule has 7 heteroatoms. The van der Waals surface area contributed by atoms with Gasteiger partial charge in [-0.05, 0) is 31.5 Å². The van der Waals surface area contributed by atoms with Gasteiger partial charge in [0.2, 0.25) is 0 Å². The minimum absolute atomic E-state index is 0.0191. The lowest BCUT2D eigenvalue weighted by Gasteiger charge is -2.17. The van der Waals surface area contributed by atoms with Crippen LogP contribution in [0.1, 0.15) is 24.4 Å². The molecule has 0 radical (unpaired) electrons. The van der Waals surface area contributed by atoms with Gasteiger partial charge in [-0.3, -0.25) is 4.79 Å². The SMILES string of the molecule is Cc1nccn1-c1ccc([C@@H](C)Nc2cnn(C)c(=O)c2Cl)cc1. The van der Waals surface area contributed by atoms with Crippen LogP contribution in [0.15, 0.2) is 47.7 Å². The lowest BCUT2D eigenvalue weighted by molar-refractivity contribution is 0.706. The first-order valence-corrected chi connectivity index (χ1v) is 7.94. The van der Waals surface area contributed by atoms with Crippen molar-refractivity contribution in [2.24, 2.45) is 7.05 Å². The Morgan fingerprint density at radius 2 is 1.96 bits per heavy atom. The molecular formula is C17H18ClN5O. The van der Waals surface area contributed by atoms with Crippen molar-refractivity contribution in [3.63, 3.8) is 0 Å². The minimum atomic E-state index is -0.320. The highest BCUT2D eigenvalue weighted by Gasteiger charge is 2.12. The quantitative estimate of drug-likeness (QED) is 0.790. The van der Waals surface area contributed by atoms with Crippen molar-refractivity contribution in [1.29, 1.82) is 0 Å². The van der Waals surface area contributed by atoms with Crippen LogP contribution in [0.5, 0.6) is 0 Å². The van der Waals surface area contributed by atoms with E-state index in [1.807, 2.05) is 48.9 Å². The van der Waals surface area contributed by atoms with Crippen LogP contribution in [0.4, 0.5) is 5.69 Å². The Morgan fingerprint density at radius 1 is 1.25 bits per heavy atom. The highest BCUT2D eigenvalue weighted by atomic mass is 35.5. The van der Waals surface area contributed by atoms with E-state index in [1.165, 1.54) is 4.68 Å². The summed E-state index contributed by atoms with van der Waals surface area (Å²) in [5, 5.41) is 7.37. The fourth-order valence-electron chi connectivity index (χ4n) is 2.50. The first kappa shape index (κ1) is 16.3. The molecule has 1 atom stereocenters. The Labute approximate surface area is 144 Å². The number of anilines is 1. The van der Waals surface area contributed by atoms with Gasteiger partial charge in [-0.15, -0.1) is 0 Å². The zero-order valence-corrected chi connectivity index (χ0v) is 14.4. The molecule has 1 N–H and O–H groups in total. The van der Waals surface area contributed by atoms with Gasteiger partial charge in [-0.1, -0.05) is 23.7 Å². The van der Waals surface area contributed by atoms with E-state index in [9.17, 15) is 4.79 Å². The second kappa shape index (κ2) is 6.49. The largest absolute Gasteiger partial charge is 0.376 e. The Morgan fingerprint density at radius 3 is 2.58 bits per heavy atom. The molecule has 0 fully saturated rings. The second-order valence-electron chi connectivity index (χ2n) is 5.60. The smallest absolute Gasteiger partial charge is 0.287 e. The van der Waals surface area contributed by atoms with Gasteiger partial charge in [-0.2, -0.15) is 5.10 Å². The standard InChI is InChI=1S/C17H18ClN5O/c1-11(21-15-10-20-22(3)17(24)16(15)18)13-4-6-14(7-5-13)23-9-8-19-12(23)2/h4-11,21H,1-3H3/t11-/m1/s1. The highest BCUT2D eigenvalue weighted by Crippen LogP contribution is 2.23. The lowest BCUT2D eigenvalue weighted by Crippen LogP contribution is -2.21. The summed E-state index contributed by atoms with van der Waals surface area (Å²) in [6.45, 7) is 3.97. The molecule has 0 spiro atoms. The molecule has 0 bridgehead atoms. The van der Waals surface area contributed by atoms with Gasteiger partial charge in [0.25, 0.3) is 5.56 Å². The van der Waals surface area contributed by atoms with Crippen LogP contribution < -0.4 is 10.9 Å². The maximum atomic E-state index is 11.8. The number of nitrogens with one attached hydrogen (secondary N) is 1. The molecule has 2 aromatic heterocycles. The molecule has 124 valence electrons. The molecule has 3 aromatic rings. The zero-order valence-electron chi connectivity index (χ0n) is 13.7. The van der Waals surface area contributed by atoms with Gasteiger partial charge in [0, 0.05) is 31.2 Å². The van der Waals surface area contributed by atoms with Crippen molar-refractivity contribution in [2.45, 2.75) is 19.9 Å². The molecule has 2 heterocycles. The topological polar surface area (TPSA) is 64.7 Å². The molecule has 0 saturated heterocycles. The van der Waals surface area contributed by atoms with E-state index in [1.54, 1.807) is 19.4 Å². The van der Waals surface area contributed by atoms with Crippen LogP contribution in [-0.4, -0.2) is 19.3 Å². The maximum absolute atomic E-state index is 11.8. The van der Waals surface area contributed by atoms with E-state index in [0.717, 1.165) is 17.1 Å². The summed E-state index contributed by atoms with van der Waals surface area (Å²) in [6, 6.07) is 8.12. The van der Waals surface area contributed by atoms with Gasteiger partial charge in [-0.25, -0.2) is 9.67 Å². The van der Waals surface area contributed by atoms with E-state index in [-0.39, 0.29) is 16.6 Å². The van der Waals surface area contributed by atoms with Gasteiger partial charge in [0.15, 0.2) is 0 Å². The molecule has 0 amide bonds. The van der Waals surface area contributed by atoms with Crippen LogP contribution >= 0.6 is 11.6 Å². The number of hydrogen-bond donors (Lipinski definition) is 1. The number of hydrogen-bond acceptors (Lipinski definition) is 4. The average molecular weight is 344 g/mol. The van der Waals surface area contributed by atoms with Crippen LogP contribution in [0.25, 0.3) is 5.69 Å². The molecule has 0 saturated carbocycles. The summed E-state index contributed by atoms with van der Waals surface area (Å²) < 4.78 is 3.23. The predicted octanol–water partition coefficient (Wildman–Crippen LogP) is 3.10. The van der Waals surface area contributed by atoms with Gasteiger partial charge in [0.05, 0.1) is 11.9 Å². The van der Waals surface area contributed by atoms with Crippen molar-refractivity contribution >= 4 is 17.3 Å². The fraction of sp³-hybridized carbons (Fsp3) is 0.235. The Kier molecular flexibility index (Phi) is 4.40. The molecule has 0 aliphatic heterocycles. The summed E-state index contributed by atoms with van der Waals surface area (Å²) in [7, 11) is 1.57. The van der Waals surface area contributed by atoms with Crippen LogP contribution in [0.2, 0.25) is 5.02 Å². The third-order valence-corrected chi connectivity index (χ3v) is 4.31. The van der Waals surface area contributed by atoms with E-state index < -0.39 is 0 Å². The van der Waals surface area contributed by atoms with Gasteiger partial charge < -0.3 is 9.88 Å². The van der Waals surface area contributed by atoms with E-state index >= 15 is 0 Å². The summed E-state index contributed by atoms with van der Waals surface area (Å²) >= 11 is 6.09. The average Bonchev–Trinajstić information content (AvgIpc) is 3.01.